The third-order valence-electron chi connectivity index (χ3n) is 4.00. The predicted molar refractivity (Wildman–Crippen MR) is 81.3 cm³/mol. The Kier molecular flexibility index (Phi) is 3.80. The number of likely N-dealkylation sites (N-methyl/N-ethyl adjacent to an activating group) is 1. The number of nitrogens with zero attached hydrogens (tertiary/aromatic N) is 7. The van der Waals surface area contributed by atoms with E-state index in [1.165, 1.54) is 6.33 Å². The van der Waals surface area contributed by atoms with Gasteiger partial charge in [-0.2, -0.15) is 0 Å². The van der Waals surface area contributed by atoms with Gasteiger partial charge in [-0.05, 0) is 18.0 Å². The molecule has 0 bridgehead atoms. The minimum atomic E-state index is -0.136. The van der Waals surface area contributed by atoms with Crippen LogP contribution in [-0.4, -0.2) is 58.5 Å². The van der Waals surface area contributed by atoms with E-state index in [0.29, 0.717) is 13.1 Å². The van der Waals surface area contributed by atoms with Gasteiger partial charge in [-0.3, -0.25) is 4.79 Å². The number of fused-ring (bicyclic) bond motifs is 1. The van der Waals surface area contributed by atoms with Crippen molar-refractivity contribution >= 4 is 22.8 Å². The monoisotopic (exact) mass is 300 g/mol. The number of nitrogens with one attached hydrogen (secondary N) is 1. The topological polar surface area (TPSA) is 114 Å². The summed E-state index contributed by atoms with van der Waals surface area (Å²) in [5.74, 6) is 0.712. The molecule has 1 atom stereocenters. The van der Waals surface area contributed by atoms with Crippen LogP contribution in [-0.2, 0) is 4.79 Å². The highest BCUT2D eigenvalue weighted by Crippen LogP contribution is 2.25. The van der Waals surface area contributed by atoms with Gasteiger partial charge in [0.05, 0.1) is 5.39 Å². The van der Waals surface area contributed by atoms with Crippen LogP contribution < -0.4 is 4.90 Å². The van der Waals surface area contributed by atoms with Gasteiger partial charge >= 0.3 is 0 Å². The summed E-state index contributed by atoms with van der Waals surface area (Å²) in [6.07, 6.45) is 4.22. The fraction of sp³-hybridized carbons (Fsp3) is 0.462. The Morgan fingerprint density at radius 2 is 2.50 bits per heavy atom. The summed E-state index contributed by atoms with van der Waals surface area (Å²) in [7, 11) is 1.97. The predicted octanol–water partition coefficient (Wildman–Crippen LogP) is 1.31. The van der Waals surface area contributed by atoms with Crippen LogP contribution in [0.4, 0.5) is 5.82 Å². The van der Waals surface area contributed by atoms with Gasteiger partial charge in [-0.25, -0.2) is 9.97 Å². The molecule has 1 saturated heterocycles. The van der Waals surface area contributed by atoms with Gasteiger partial charge in [0.2, 0.25) is 5.91 Å². The molecule has 3 rings (SSSR count). The third kappa shape index (κ3) is 2.53. The summed E-state index contributed by atoms with van der Waals surface area (Å²) >= 11 is 0. The summed E-state index contributed by atoms with van der Waals surface area (Å²) in [5, 5.41) is 4.29. The Morgan fingerprint density at radius 1 is 1.64 bits per heavy atom. The Hall–Kier alpha value is -2.80. The first-order valence-electron chi connectivity index (χ1n) is 7.00. The number of rotatable bonds is 4. The number of amides is 1. The van der Waals surface area contributed by atoms with Crippen LogP contribution in [0.15, 0.2) is 23.7 Å². The highest BCUT2D eigenvalue weighted by molar-refractivity contribution is 5.87. The molecule has 22 heavy (non-hydrogen) atoms. The molecule has 1 fully saturated rings. The number of H-pyrrole nitrogens is 1. The maximum atomic E-state index is 11.9. The number of likely N-dealkylation sites (tertiary alicyclic amines) is 1. The molecule has 1 N–H and O–H groups in total. The SMILES string of the molecule is CN(c1ncnc2[nH]ccc12)C1CCN(C(=O)CN=[N+]=[N-])C1. The lowest BCUT2D eigenvalue weighted by Gasteiger charge is -2.26. The molecule has 3 heterocycles. The molecule has 0 radical (unpaired) electrons. The van der Waals surface area contributed by atoms with E-state index in [0.717, 1.165) is 23.3 Å². The molecule has 9 nitrogen and oxygen atoms in total. The average Bonchev–Trinajstić information content (AvgIpc) is 3.20. The Balaban J connectivity index is 1.74. The molecule has 9 heteroatoms. The van der Waals surface area contributed by atoms with Gasteiger partial charge < -0.3 is 14.8 Å². The molecule has 0 spiro atoms. The summed E-state index contributed by atoms with van der Waals surface area (Å²) in [6, 6.07) is 2.13. The van der Waals surface area contributed by atoms with Crippen molar-refractivity contribution in [1.82, 2.24) is 19.9 Å². The molecule has 1 unspecified atom stereocenters. The highest BCUT2D eigenvalue weighted by Gasteiger charge is 2.29. The normalized spacial score (nSPS) is 17.5. The van der Waals surface area contributed by atoms with Crippen LogP contribution >= 0.6 is 0 Å². The molecule has 2 aromatic heterocycles. The zero-order valence-corrected chi connectivity index (χ0v) is 12.2. The van der Waals surface area contributed by atoms with Crippen LogP contribution in [0.2, 0.25) is 0 Å². The van der Waals surface area contributed by atoms with Gasteiger partial charge in [0.25, 0.3) is 0 Å². The average molecular weight is 300 g/mol. The molecule has 1 aliphatic rings. The first kappa shape index (κ1) is 14.2. The minimum absolute atomic E-state index is 0.123. The summed E-state index contributed by atoms with van der Waals surface area (Å²) in [6.45, 7) is 1.14. The fourth-order valence-corrected chi connectivity index (χ4v) is 2.79. The van der Waals surface area contributed by atoms with Crippen LogP contribution in [0.1, 0.15) is 6.42 Å². The smallest absolute Gasteiger partial charge is 0.228 e. The molecule has 114 valence electrons. The van der Waals surface area contributed by atoms with E-state index in [2.05, 4.69) is 29.9 Å². The molecule has 0 saturated carbocycles. The quantitative estimate of drug-likeness (QED) is 0.520. The van der Waals surface area contributed by atoms with E-state index in [9.17, 15) is 4.79 Å². The lowest BCUT2D eigenvalue weighted by atomic mass is 10.2. The number of hydrogen-bond acceptors (Lipinski definition) is 5. The number of hydrogen-bond donors (Lipinski definition) is 1. The summed E-state index contributed by atoms with van der Waals surface area (Å²) in [4.78, 5) is 29.9. The Labute approximate surface area is 126 Å². The van der Waals surface area contributed by atoms with Crippen LogP contribution in [0.5, 0.6) is 0 Å². The van der Waals surface area contributed by atoms with E-state index in [-0.39, 0.29) is 18.5 Å². The molecule has 0 aromatic carbocycles. The number of carbonyl (C=O) groups excluding carboxylic acids is 1. The van der Waals surface area contributed by atoms with Crippen LogP contribution in [0.25, 0.3) is 21.5 Å². The second-order valence-electron chi connectivity index (χ2n) is 5.22. The van der Waals surface area contributed by atoms with Crippen LogP contribution in [0.3, 0.4) is 0 Å². The van der Waals surface area contributed by atoms with Crippen LogP contribution in [0, 0.1) is 0 Å². The maximum absolute atomic E-state index is 11.9. The van der Waals surface area contributed by atoms with Gasteiger partial charge in [-0.15, -0.1) is 0 Å². The highest BCUT2D eigenvalue weighted by atomic mass is 16.2. The summed E-state index contributed by atoms with van der Waals surface area (Å²) < 4.78 is 0. The van der Waals surface area contributed by atoms with E-state index in [4.69, 9.17) is 5.53 Å². The van der Waals surface area contributed by atoms with Crippen molar-refractivity contribution in [2.75, 3.05) is 31.6 Å². The molecule has 0 aliphatic carbocycles. The Bertz CT molecular complexity index is 734. The zero-order chi connectivity index (χ0) is 15.5. The molecule has 2 aromatic rings. The zero-order valence-electron chi connectivity index (χ0n) is 12.2. The third-order valence-corrected chi connectivity index (χ3v) is 4.00. The van der Waals surface area contributed by atoms with Crippen molar-refractivity contribution in [2.45, 2.75) is 12.5 Å². The number of anilines is 1. The fourth-order valence-electron chi connectivity index (χ4n) is 2.79. The standard InChI is InChI=1S/C13H16N8O/c1-20(13-10-2-4-15-12(10)16-8-17-13)9-3-5-21(7-9)11(22)6-18-19-14/h2,4,8-9H,3,5-7H2,1H3,(H,15,16,17). The second-order valence-corrected chi connectivity index (χ2v) is 5.22. The molecular formula is C13H16N8O. The van der Waals surface area contributed by atoms with E-state index >= 15 is 0 Å². The van der Waals surface area contributed by atoms with Gasteiger partial charge in [0.1, 0.15) is 24.3 Å². The number of aromatic amines is 1. The largest absolute Gasteiger partial charge is 0.354 e. The van der Waals surface area contributed by atoms with Gasteiger partial charge in [-0.1, -0.05) is 5.11 Å². The van der Waals surface area contributed by atoms with Gasteiger partial charge in [0.15, 0.2) is 0 Å². The van der Waals surface area contributed by atoms with Crippen molar-refractivity contribution in [1.29, 1.82) is 0 Å². The first-order chi connectivity index (χ1) is 10.7. The summed E-state index contributed by atoms with van der Waals surface area (Å²) in [5.41, 5.74) is 9.09. The Morgan fingerprint density at radius 3 is 3.32 bits per heavy atom. The van der Waals surface area contributed by atoms with Crippen molar-refractivity contribution in [3.63, 3.8) is 0 Å². The van der Waals surface area contributed by atoms with E-state index in [1.807, 2.05) is 19.3 Å². The van der Waals surface area contributed by atoms with Gasteiger partial charge in [0, 0.05) is 37.3 Å². The molecule has 1 amide bonds. The molecule has 1 aliphatic heterocycles. The minimum Gasteiger partial charge on any atom is -0.354 e. The maximum Gasteiger partial charge on any atom is 0.228 e. The lowest BCUT2D eigenvalue weighted by molar-refractivity contribution is -0.128. The van der Waals surface area contributed by atoms with Crippen molar-refractivity contribution < 1.29 is 4.79 Å². The second kappa shape index (κ2) is 5.90. The number of azide groups is 1. The first-order valence-corrected chi connectivity index (χ1v) is 7.00. The molecular weight excluding hydrogens is 284 g/mol. The van der Waals surface area contributed by atoms with E-state index in [1.54, 1.807) is 4.90 Å². The van der Waals surface area contributed by atoms with Crippen molar-refractivity contribution in [2.24, 2.45) is 5.11 Å². The van der Waals surface area contributed by atoms with E-state index < -0.39 is 0 Å². The number of aromatic nitrogens is 3. The van der Waals surface area contributed by atoms with Crippen molar-refractivity contribution in [3.05, 3.63) is 29.0 Å². The number of carbonyl (C=O) groups is 1. The van der Waals surface area contributed by atoms with Crippen molar-refractivity contribution in [3.8, 4) is 0 Å². The lowest BCUT2D eigenvalue weighted by Crippen LogP contribution is -2.37.